The van der Waals surface area contributed by atoms with Gasteiger partial charge in [-0.2, -0.15) is 18.3 Å². The molecule has 168 valence electrons. The molecule has 3 aromatic rings. The van der Waals surface area contributed by atoms with Crippen LogP contribution in [0.2, 0.25) is 0 Å². The maximum absolute atomic E-state index is 12.6. The minimum absolute atomic E-state index is 0.183. The second-order valence-electron chi connectivity index (χ2n) is 7.66. The molecule has 0 spiro atoms. The summed E-state index contributed by atoms with van der Waals surface area (Å²) in [6.07, 6.45) is 1.60. The van der Waals surface area contributed by atoms with E-state index in [-0.39, 0.29) is 5.82 Å². The second-order valence-corrected chi connectivity index (χ2v) is 8.74. The summed E-state index contributed by atoms with van der Waals surface area (Å²) in [4.78, 5) is 16.9. The summed E-state index contributed by atoms with van der Waals surface area (Å²) in [5.74, 6) is -0.737. The molecular formula is C22H21F3N4O2S. The minimum atomic E-state index is -4.44. The molecule has 2 N–H and O–H groups in total. The molecule has 0 saturated carbocycles. The topological polar surface area (TPSA) is 79.5 Å². The van der Waals surface area contributed by atoms with Crippen molar-refractivity contribution in [3.05, 3.63) is 62.9 Å². The number of carbonyl (C=O) groups is 1. The lowest BCUT2D eigenvalue weighted by Crippen LogP contribution is -2.09. The molecular weight excluding hydrogens is 441 g/mol. The molecule has 0 aromatic carbocycles. The number of fused-ring (bicyclic) bond motifs is 1. The van der Waals surface area contributed by atoms with Gasteiger partial charge in [0.2, 0.25) is 0 Å². The molecule has 1 aliphatic carbocycles. The number of nitrogens with zero attached hydrogens (tertiary/aromatic N) is 3. The highest BCUT2D eigenvalue weighted by Gasteiger charge is 2.30. The van der Waals surface area contributed by atoms with Gasteiger partial charge in [-0.25, -0.2) is 9.78 Å². The monoisotopic (exact) mass is 462 g/mol. The van der Waals surface area contributed by atoms with E-state index in [1.807, 2.05) is 24.5 Å². The van der Waals surface area contributed by atoms with Crippen LogP contribution in [0, 0.1) is 13.8 Å². The average Bonchev–Trinajstić information content (AvgIpc) is 3.24. The van der Waals surface area contributed by atoms with Crippen molar-refractivity contribution in [3.63, 3.8) is 0 Å². The first-order chi connectivity index (χ1) is 15.2. The van der Waals surface area contributed by atoms with Gasteiger partial charge >= 0.3 is 12.1 Å². The predicted octanol–water partition coefficient (Wildman–Crippen LogP) is 5.59. The number of hydrogen-bond donors (Lipinski definition) is 2. The van der Waals surface area contributed by atoms with Crippen LogP contribution in [-0.2, 0) is 19.0 Å². The van der Waals surface area contributed by atoms with Crippen molar-refractivity contribution in [1.82, 2.24) is 9.55 Å². The van der Waals surface area contributed by atoms with Crippen molar-refractivity contribution in [3.8, 4) is 5.00 Å². The first kappa shape index (κ1) is 22.1. The Balaban J connectivity index is 1.60. The SMILES string of the molecule is Cc1cc(/C=N/Nc2ccc(C(F)(F)F)cn2)c(C)n1-c1sc2c(c1C(=O)O)CCCC2. The van der Waals surface area contributed by atoms with Gasteiger partial charge in [0, 0.05) is 28.0 Å². The molecule has 6 nitrogen and oxygen atoms in total. The average molecular weight is 462 g/mol. The molecule has 1 aliphatic rings. The minimum Gasteiger partial charge on any atom is -0.478 e. The van der Waals surface area contributed by atoms with E-state index in [0.717, 1.165) is 65.3 Å². The molecule has 0 amide bonds. The number of carboxylic acids is 1. The Hall–Kier alpha value is -3.14. The van der Waals surface area contributed by atoms with Crippen molar-refractivity contribution < 1.29 is 23.1 Å². The van der Waals surface area contributed by atoms with E-state index in [1.54, 1.807) is 6.21 Å². The fourth-order valence-electron chi connectivity index (χ4n) is 3.96. The lowest BCUT2D eigenvalue weighted by molar-refractivity contribution is -0.137. The summed E-state index contributed by atoms with van der Waals surface area (Å²) < 4.78 is 39.9. The van der Waals surface area contributed by atoms with Crippen molar-refractivity contribution >= 4 is 29.3 Å². The summed E-state index contributed by atoms with van der Waals surface area (Å²) in [5, 5.41) is 14.7. The van der Waals surface area contributed by atoms with E-state index in [0.29, 0.717) is 10.6 Å². The van der Waals surface area contributed by atoms with Crippen LogP contribution in [0.1, 0.15) is 56.2 Å². The van der Waals surface area contributed by atoms with Gasteiger partial charge in [-0.1, -0.05) is 0 Å². The first-order valence-electron chi connectivity index (χ1n) is 10.1. The first-order valence-corrected chi connectivity index (χ1v) is 10.9. The van der Waals surface area contributed by atoms with Crippen molar-refractivity contribution in [2.75, 3.05) is 5.43 Å². The van der Waals surface area contributed by atoms with Crippen LogP contribution in [0.15, 0.2) is 29.5 Å². The summed E-state index contributed by atoms with van der Waals surface area (Å²) in [5.41, 5.74) is 5.59. The molecule has 0 radical (unpaired) electrons. The Labute approximate surface area is 186 Å². The summed E-state index contributed by atoms with van der Waals surface area (Å²) in [6.45, 7) is 3.79. The number of hydrazone groups is 1. The number of pyridine rings is 1. The highest BCUT2D eigenvalue weighted by Crippen LogP contribution is 2.38. The number of alkyl halides is 3. The molecule has 4 rings (SSSR count). The fourth-order valence-corrected chi connectivity index (χ4v) is 5.45. The Bertz CT molecular complexity index is 1190. The van der Waals surface area contributed by atoms with Gasteiger partial charge in [0.25, 0.3) is 0 Å². The van der Waals surface area contributed by atoms with Crippen LogP contribution >= 0.6 is 11.3 Å². The van der Waals surface area contributed by atoms with Crippen LogP contribution in [-0.4, -0.2) is 26.8 Å². The maximum Gasteiger partial charge on any atom is 0.417 e. The number of anilines is 1. The lowest BCUT2D eigenvalue weighted by Gasteiger charge is -2.11. The molecule has 0 atom stereocenters. The van der Waals surface area contributed by atoms with Crippen LogP contribution in [0.3, 0.4) is 0 Å². The molecule has 10 heteroatoms. The van der Waals surface area contributed by atoms with Gasteiger partial charge in [-0.05, 0) is 63.3 Å². The van der Waals surface area contributed by atoms with Crippen molar-refractivity contribution in [2.45, 2.75) is 45.7 Å². The zero-order chi connectivity index (χ0) is 23.0. The number of carboxylic acid groups (broad SMARTS) is 1. The van der Waals surface area contributed by atoms with Gasteiger partial charge in [-0.3, -0.25) is 5.43 Å². The zero-order valence-corrected chi connectivity index (χ0v) is 18.3. The van der Waals surface area contributed by atoms with E-state index in [9.17, 15) is 23.1 Å². The molecule has 0 aliphatic heterocycles. The lowest BCUT2D eigenvalue weighted by atomic mass is 9.95. The molecule has 0 saturated heterocycles. The van der Waals surface area contributed by atoms with Crippen LogP contribution < -0.4 is 5.43 Å². The molecule has 3 aromatic heterocycles. The third-order valence-electron chi connectivity index (χ3n) is 5.51. The third kappa shape index (κ3) is 4.14. The van der Waals surface area contributed by atoms with E-state index in [2.05, 4.69) is 15.5 Å². The molecule has 0 bridgehead atoms. The normalized spacial score (nSPS) is 14.0. The number of rotatable bonds is 5. The molecule has 3 heterocycles. The largest absolute Gasteiger partial charge is 0.478 e. The number of halogens is 3. The quantitative estimate of drug-likeness (QED) is 0.383. The van der Waals surface area contributed by atoms with Gasteiger partial charge < -0.3 is 9.67 Å². The zero-order valence-electron chi connectivity index (χ0n) is 17.5. The van der Waals surface area contributed by atoms with E-state index in [4.69, 9.17) is 0 Å². The predicted molar refractivity (Wildman–Crippen MR) is 117 cm³/mol. The summed E-state index contributed by atoms with van der Waals surface area (Å²) in [6, 6.07) is 4.03. The smallest absolute Gasteiger partial charge is 0.417 e. The van der Waals surface area contributed by atoms with Gasteiger partial charge in [0.1, 0.15) is 10.8 Å². The Morgan fingerprint density at radius 1 is 1.28 bits per heavy atom. The number of aromatic carboxylic acids is 1. The van der Waals surface area contributed by atoms with Gasteiger partial charge in [0.15, 0.2) is 0 Å². The second kappa shape index (κ2) is 8.42. The highest BCUT2D eigenvalue weighted by molar-refractivity contribution is 7.15. The van der Waals surface area contributed by atoms with Crippen LogP contribution in [0.5, 0.6) is 0 Å². The number of nitrogens with one attached hydrogen (secondary N) is 1. The van der Waals surface area contributed by atoms with Gasteiger partial charge in [0.05, 0.1) is 17.3 Å². The Morgan fingerprint density at radius 2 is 2.03 bits per heavy atom. The van der Waals surface area contributed by atoms with Crippen molar-refractivity contribution in [1.29, 1.82) is 0 Å². The van der Waals surface area contributed by atoms with E-state index >= 15 is 0 Å². The third-order valence-corrected chi connectivity index (χ3v) is 6.79. The molecule has 32 heavy (non-hydrogen) atoms. The maximum atomic E-state index is 12.6. The number of aromatic nitrogens is 2. The number of thiophene rings is 1. The highest BCUT2D eigenvalue weighted by atomic mass is 32.1. The number of hydrogen-bond acceptors (Lipinski definition) is 5. The summed E-state index contributed by atoms with van der Waals surface area (Å²) >= 11 is 1.53. The van der Waals surface area contributed by atoms with E-state index < -0.39 is 17.7 Å². The van der Waals surface area contributed by atoms with Crippen molar-refractivity contribution in [2.24, 2.45) is 5.10 Å². The van der Waals surface area contributed by atoms with Crippen LogP contribution in [0.25, 0.3) is 5.00 Å². The van der Waals surface area contributed by atoms with E-state index in [1.165, 1.54) is 17.4 Å². The fraction of sp³-hybridized carbons (Fsp3) is 0.318. The molecule has 0 unspecified atom stereocenters. The summed E-state index contributed by atoms with van der Waals surface area (Å²) in [7, 11) is 0. The number of aryl methyl sites for hydroxylation is 2. The molecule has 0 fully saturated rings. The van der Waals surface area contributed by atoms with Gasteiger partial charge in [-0.15, -0.1) is 11.3 Å². The Kier molecular flexibility index (Phi) is 5.81. The Morgan fingerprint density at radius 3 is 2.69 bits per heavy atom. The standard InChI is InChI=1S/C22H21F3N4O2S/c1-12-9-14(10-27-28-18-8-7-15(11-26-18)22(23,24)25)13(2)29(12)20-19(21(30)31)16-5-3-4-6-17(16)32-20/h7-11H,3-6H2,1-2H3,(H,26,28)(H,30,31)/b27-10+. The van der Waals surface area contributed by atoms with Crippen LogP contribution in [0.4, 0.5) is 19.0 Å².